The van der Waals surface area contributed by atoms with E-state index >= 15 is 0 Å². The van der Waals surface area contributed by atoms with Crippen LogP contribution in [-0.4, -0.2) is 66.6 Å². The number of urea groups is 1. The third-order valence-corrected chi connectivity index (χ3v) is 4.68. The molecule has 1 aromatic rings. The number of carbonyl (C=O) groups is 2. The first-order chi connectivity index (χ1) is 13.1. The van der Waals surface area contributed by atoms with Crippen LogP contribution in [0.1, 0.15) is 33.3 Å². The van der Waals surface area contributed by atoms with Gasteiger partial charge in [-0.1, -0.05) is 6.07 Å². The Balaban J connectivity index is 1.81. The number of imide groups is 1. The summed E-state index contributed by atoms with van der Waals surface area (Å²) < 4.78 is 18.8. The van der Waals surface area contributed by atoms with Crippen molar-refractivity contribution in [2.45, 2.75) is 45.8 Å². The number of rotatable bonds is 5. The van der Waals surface area contributed by atoms with Gasteiger partial charge in [0, 0.05) is 38.3 Å². The Morgan fingerprint density at radius 3 is 2.39 bits per heavy atom. The number of amides is 3. The second-order valence-corrected chi connectivity index (χ2v) is 8.15. The van der Waals surface area contributed by atoms with Crippen LogP contribution >= 0.6 is 0 Å². The van der Waals surface area contributed by atoms with Crippen LogP contribution in [0.3, 0.4) is 0 Å². The third-order valence-electron chi connectivity index (χ3n) is 4.68. The van der Waals surface area contributed by atoms with Crippen LogP contribution in [0.25, 0.3) is 0 Å². The van der Waals surface area contributed by atoms with Gasteiger partial charge in [-0.15, -0.1) is 0 Å². The maximum atomic E-state index is 13.8. The lowest BCUT2D eigenvalue weighted by Gasteiger charge is -2.37. The molecule has 7 nitrogen and oxygen atoms in total. The maximum absolute atomic E-state index is 13.8. The number of carbonyl (C=O) groups excluding carboxylic acids is 2. The minimum atomic E-state index is -0.482. The monoisotopic (exact) mass is 394 g/mol. The summed E-state index contributed by atoms with van der Waals surface area (Å²) >= 11 is 0. The predicted octanol–water partition coefficient (Wildman–Crippen LogP) is 1.96. The fourth-order valence-corrected chi connectivity index (χ4v) is 3.13. The fraction of sp³-hybridized carbons (Fsp3) is 0.600. The molecule has 0 bridgehead atoms. The molecule has 0 radical (unpaired) electrons. The van der Waals surface area contributed by atoms with Crippen LogP contribution < -0.4 is 15.4 Å². The Labute approximate surface area is 166 Å². The fourth-order valence-electron chi connectivity index (χ4n) is 3.13. The minimum absolute atomic E-state index is 0.240. The van der Waals surface area contributed by atoms with Crippen LogP contribution in [0.4, 0.5) is 9.18 Å². The van der Waals surface area contributed by atoms with E-state index in [1.807, 2.05) is 31.7 Å². The van der Waals surface area contributed by atoms with Gasteiger partial charge < -0.3 is 10.1 Å². The lowest BCUT2D eigenvalue weighted by atomic mass is 10.1. The number of hydrogen-bond donors (Lipinski definition) is 2. The topological polar surface area (TPSA) is 73.9 Å². The minimum Gasteiger partial charge on any atom is -0.494 e. The highest BCUT2D eigenvalue weighted by Crippen LogP contribution is 2.19. The normalized spacial score (nSPS) is 17.1. The Kier molecular flexibility index (Phi) is 7.37. The molecule has 28 heavy (non-hydrogen) atoms. The highest BCUT2D eigenvalue weighted by atomic mass is 19.1. The van der Waals surface area contributed by atoms with Gasteiger partial charge in [-0.3, -0.25) is 19.9 Å². The molecule has 0 saturated carbocycles. The number of ether oxygens (including phenoxy) is 1. The molecular weight excluding hydrogens is 363 g/mol. The molecule has 1 aliphatic rings. The van der Waals surface area contributed by atoms with E-state index in [0.29, 0.717) is 19.6 Å². The lowest BCUT2D eigenvalue weighted by molar-refractivity contribution is -0.125. The molecule has 3 amide bonds. The molecular formula is C20H31FN4O3. The van der Waals surface area contributed by atoms with E-state index in [9.17, 15) is 14.0 Å². The first kappa shape index (κ1) is 22.1. The standard InChI is InChI=1S/C20H31FN4O3/c1-14(18(26)22-19(27)23-20(2,3)4)25-10-8-24(9-11-25)13-15-6-7-17(28-5)16(21)12-15/h6-7,12,14H,8-11,13H2,1-5H3,(H2,22,23,26,27). The Bertz CT molecular complexity index is 697. The van der Waals surface area contributed by atoms with Crippen molar-refractivity contribution < 1.29 is 18.7 Å². The molecule has 8 heteroatoms. The summed E-state index contributed by atoms with van der Waals surface area (Å²) in [5.41, 5.74) is 0.483. The third kappa shape index (κ3) is 6.45. The molecule has 156 valence electrons. The summed E-state index contributed by atoms with van der Waals surface area (Å²) in [5, 5.41) is 5.12. The average molecular weight is 394 g/mol. The molecule has 1 saturated heterocycles. The van der Waals surface area contributed by atoms with Crippen LogP contribution in [0.2, 0.25) is 0 Å². The van der Waals surface area contributed by atoms with Crippen LogP contribution in [0, 0.1) is 5.82 Å². The summed E-state index contributed by atoms with van der Waals surface area (Å²) in [6, 6.07) is 4.11. The molecule has 0 aromatic heterocycles. The SMILES string of the molecule is COc1ccc(CN2CCN(C(C)C(=O)NC(=O)NC(C)(C)C)CC2)cc1F. The largest absolute Gasteiger partial charge is 0.494 e. The van der Waals surface area contributed by atoms with Gasteiger partial charge in [-0.25, -0.2) is 9.18 Å². The zero-order valence-electron chi connectivity index (χ0n) is 17.3. The first-order valence-corrected chi connectivity index (χ1v) is 9.51. The molecule has 1 aromatic carbocycles. The summed E-state index contributed by atoms with van der Waals surface area (Å²) in [4.78, 5) is 28.5. The highest BCUT2D eigenvalue weighted by Gasteiger charge is 2.27. The van der Waals surface area contributed by atoms with Gasteiger partial charge in [-0.05, 0) is 45.4 Å². The second kappa shape index (κ2) is 9.34. The van der Waals surface area contributed by atoms with Crippen molar-refractivity contribution in [3.05, 3.63) is 29.6 Å². The molecule has 0 aliphatic carbocycles. The smallest absolute Gasteiger partial charge is 0.321 e. The molecule has 2 rings (SSSR count). The first-order valence-electron chi connectivity index (χ1n) is 9.51. The summed E-state index contributed by atoms with van der Waals surface area (Å²) in [5.74, 6) is -0.436. The molecule has 1 atom stereocenters. The van der Waals surface area contributed by atoms with E-state index in [-0.39, 0.29) is 17.5 Å². The van der Waals surface area contributed by atoms with E-state index in [2.05, 4.69) is 15.5 Å². The second-order valence-electron chi connectivity index (χ2n) is 8.15. The van der Waals surface area contributed by atoms with Gasteiger partial charge in [0.05, 0.1) is 13.2 Å². The van der Waals surface area contributed by atoms with E-state index < -0.39 is 17.6 Å². The molecule has 0 spiro atoms. The van der Waals surface area contributed by atoms with Crippen molar-refractivity contribution in [1.29, 1.82) is 0 Å². The molecule has 1 heterocycles. The van der Waals surface area contributed by atoms with E-state index in [1.165, 1.54) is 13.2 Å². The molecule has 1 unspecified atom stereocenters. The Morgan fingerprint density at radius 2 is 1.86 bits per heavy atom. The number of nitrogens with zero attached hydrogens (tertiary/aromatic N) is 2. The van der Waals surface area contributed by atoms with E-state index in [0.717, 1.165) is 18.7 Å². The van der Waals surface area contributed by atoms with Crippen LogP contribution in [0.15, 0.2) is 18.2 Å². The van der Waals surface area contributed by atoms with Crippen molar-refractivity contribution >= 4 is 11.9 Å². The van der Waals surface area contributed by atoms with Gasteiger partial charge >= 0.3 is 6.03 Å². The number of methoxy groups -OCH3 is 1. The summed E-state index contributed by atoms with van der Waals surface area (Å²) in [7, 11) is 1.45. The van der Waals surface area contributed by atoms with Crippen LogP contribution in [-0.2, 0) is 11.3 Å². The van der Waals surface area contributed by atoms with Gasteiger partial charge in [0.25, 0.3) is 0 Å². The van der Waals surface area contributed by atoms with E-state index in [4.69, 9.17) is 4.74 Å². The zero-order chi connectivity index (χ0) is 20.9. The maximum Gasteiger partial charge on any atom is 0.321 e. The summed E-state index contributed by atoms with van der Waals surface area (Å²) in [6.45, 7) is 10.9. The number of hydrogen-bond acceptors (Lipinski definition) is 5. The number of benzene rings is 1. The van der Waals surface area contributed by atoms with Crippen molar-refractivity contribution in [3.8, 4) is 5.75 Å². The number of nitrogens with one attached hydrogen (secondary N) is 2. The van der Waals surface area contributed by atoms with Gasteiger partial charge in [0.2, 0.25) is 5.91 Å². The van der Waals surface area contributed by atoms with Gasteiger partial charge in [-0.2, -0.15) is 0 Å². The number of halogens is 1. The molecule has 1 fully saturated rings. The average Bonchev–Trinajstić information content (AvgIpc) is 2.60. The van der Waals surface area contributed by atoms with Crippen molar-refractivity contribution in [2.75, 3.05) is 33.3 Å². The highest BCUT2D eigenvalue weighted by molar-refractivity contribution is 5.97. The lowest BCUT2D eigenvalue weighted by Crippen LogP contribution is -2.56. The molecule has 1 aliphatic heterocycles. The van der Waals surface area contributed by atoms with E-state index in [1.54, 1.807) is 13.0 Å². The van der Waals surface area contributed by atoms with Gasteiger partial charge in [0.1, 0.15) is 0 Å². The van der Waals surface area contributed by atoms with Crippen LogP contribution in [0.5, 0.6) is 5.75 Å². The molecule has 2 N–H and O–H groups in total. The van der Waals surface area contributed by atoms with Crippen molar-refractivity contribution in [2.24, 2.45) is 0 Å². The Hall–Kier alpha value is -2.19. The quantitative estimate of drug-likeness (QED) is 0.799. The predicted molar refractivity (Wildman–Crippen MR) is 106 cm³/mol. The van der Waals surface area contributed by atoms with Crippen molar-refractivity contribution in [3.63, 3.8) is 0 Å². The number of piperazine rings is 1. The zero-order valence-corrected chi connectivity index (χ0v) is 17.3. The van der Waals surface area contributed by atoms with Gasteiger partial charge in [0.15, 0.2) is 11.6 Å². The van der Waals surface area contributed by atoms with Crippen molar-refractivity contribution in [1.82, 2.24) is 20.4 Å². The Morgan fingerprint density at radius 1 is 1.21 bits per heavy atom. The summed E-state index contributed by atoms with van der Waals surface area (Å²) in [6.07, 6.45) is 0.